The van der Waals surface area contributed by atoms with Gasteiger partial charge in [0.15, 0.2) is 0 Å². The minimum absolute atomic E-state index is 0.0314. The molecule has 1 unspecified atom stereocenters. The second-order valence-electron chi connectivity index (χ2n) is 4.44. The van der Waals surface area contributed by atoms with Crippen LogP contribution in [0.3, 0.4) is 0 Å². The molecule has 1 aromatic heterocycles. The smallest absolute Gasteiger partial charge is 0.149 e. The normalized spacial score (nSPS) is 25.5. The summed E-state index contributed by atoms with van der Waals surface area (Å²) in [5.74, 6) is 0.758. The average molecular weight is 207 g/mol. The maximum Gasteiger partial charge on any atom is 0.149 e. The topological polar surface area (TPSA) is 60.2 Å². The first kappa shape index (κ1) is 10.2. The lowest BCUT2D eigenvalue weighted by Gasteiger charge is -2.25. The van der Waals surface area contributed by atoms with Crippen LogP contribution in [0, 0.1) is 6.92 Å². The van der Waals surface area contributed by atoms with E-state index in [2.05, 4.69) is 17.2 Å². The molecule has 1 fully saturated rings. The fourth-order valence-electron chi connectivity index (χ4n) is 1.75. The predicted octanol–water partition coefficient (Wildman–Crippen LogP) is 1.56. The zero-order valence-corrected chi connectivity index (χ0v) is 9.21. The summed E-state index contributed by atoms with van der Waals surface area (Å²) in [6.45, 7) is 5.62. The summed E-state index contributed by atoms with van der Waals surface area (Å²) in [5, 5.41) is 3.35. The van der Waals surface area contributed by atoms with Crippen LogP contribution in [0.25, 0.3) is 0 Å². The van der Waals surface area contributed by atoms with E-state index in [4.69, 9.17) is 10.5 Å². The molecule has 1 aliphatic rings. The van der Waals surface area contributed by atoms with Crippen molar-refractivity contribution in [3.05, 3.63) is 17.8 Å². The Labute approximate surface area is 89.8 Å². The molecule has 0 amide bonds. The number of nitrogens with zero attached hydrogens (tertiary/aromatic N) is 1. The number of nitrogen functional groups attached to an aromatic ring is 1. The summed E-state index contributed by atoms with van der Waals surface area (Å²) < 4.78 is 5.36. The number of hydrogen-bond donors (Lipinski definition) is 2. The van der Waals surface area contributed by atoms with Gasteiger partial charge in [-0.2, -0.15) is 0 Å². The van der Waals surface area contributed by atoms with Crippen molar-refractivity contribution in [2.24, 2.45) is 0 Å². The average Bonchev–Trinajstić information content (AvgIpc) is 2.58. The van der Waals surface area contributed by atoms with Crippen LogP contribution in [0.1, 0.15) is 18.9 Å². The monoisotopic (exact) mass is 207 g/mol. The van der Waals surface area contributed by atoms with E-state index in [0.29, 0.717) is 12.3 Å². The number of rotatable bonds is 2. The molecule has 0 aromatic carbocycles. The van der Waals surface area contributed by atoms with E-state index in [-0.39, 0.29) is 5.54 Å². The molecule has 3 N–H and O–H groups in total. The van der Waals surface area contributed by atoms with Gasteiger partial charge in [-0.3, -0.25) is 0 Å². The number of ether oxygens (including phenoxy) is 1. The number of pyridine rings is 1. The van der Waals surface area contributed by atoms with Crippen molar-refractivity contribution in [1.82, 2.24) is 4.98 Å². The summed E-state index contributed by atoms with van der Waals surface area (Å²) in [6.07, 6.45) is 2.81. The third kappa shape index (κ3) is 2.21. The van der Waals surface area contributed by atoms with Crippen molar-refractivity contribution in [2.45, 2.75) is 25.8 Å². The zero-order valence-electron chi connectivity index (χ0n) is 9.21. The van der Waals surface area contributed by atoms with Crippen molar-refractivity contribution in [3.8, 4) is 0 Å². The van der Waals surface area contributed by atoms with Gasteiger partial charge in [0.1, 0.15) is 5.82 Å². The van der Waals surface area contributed by atoms with Crippen LogP contribution in [0.15, 0.2) is 12.3 Å². The Hall–Kier alpha value is -1.29. The van der Waals surface area contributed by atoms with E-state index in [1.54, 1.807) is 0 Å². The second-order valence-corrected chi connectivity index (χ2v) is 4.44. The summed E-state index contributed by atoms with van der Waals surface area (Å²) in [4.78, 5) is 4.29. The molecule has 1 aromatic rings. The lowest BCUT2D eigenvalue weighted by Crippen LogP contribution is -2.35. The van der Waals surface area contributed by atoms with Gasteiger partial charge in [0.25, 0.3) is 0 Å². The highest BCUT2D eigenvalue weighted by Gasteiger charge is 2.30. The van der Waals surface area contributed by atoms with E-state index in [1.807, 2.05) is 19.2 Å². The van der Waals surface area contributed by atoms with Gasteiger partial charge in [0, 0.05) is 12.8 Å². The van der Waals surface area contributed by atoms with Gasteiger partial charge >= 0.3 is 0 Å². The lowest BCUT2D eigenvalue weighted by atomic mass is 10.0. The molecule has 0 saturated carbocycles. The van der Waals surface area contributed by atoms with Crippen molar-refractivity contribution < 1.29 is 4.74 Å². The lowest BCUT2D eigenvalue weighted by molar-refractivity contribution is 0.185. The Bertz CT molecular complexity index is 359. The Morgan fingerprint density at radius 2 is 2.40 bits per heavy atom. The molecular weight excluding hydrogens is 190 g/mol. The summed E-state index contributed by atoms with van der Waals surface area (Å²) in [5.41, 5.74) is 7.63. The number of nitrogens with one attached hydrogen (secondary N) is 1. The SMILES string of the molecule is Cc1cnc(NC2(C)CCOC2)c(N)c1. The molecule has 1 saturated heterocycles. The van der Waals surface area contributed by atoms with Crippen LogP contribution in [0.2, 0.25) is 0 Å². The third-order valence-electron chi connectivity index (χ3n) is 2.69. The van der Waals surface area contributed by atoms with Crippen molar-refractivity contribution in [3.63, 3.8) is 0 Å². The zero-order chi connectivity index (χ0) is 10.9. The number of aryl methyl sites for hydroxylation is 1. The molecule has 0 aliphatic carbocycles. The fraction of sp³-hybridized carbons (Fsp3) is 0.545. The highest BCUT2D eigenvalue weighted by molar-refractivity contribution is 5.62. The van der Waals surface area contributed by atoms with Crippen molar-refractivity contribution in [1.29, 1.82) is 0 Å². The number of anilines is 2. The highest BCUT2D eigenvalue weighted by Crippen LogP contribution is 2.25. The van der Waals surface area contributed by atoms with Gasteiger partial charge < -0.3 is 15.8 Å². The van der Waals surface area contributed by atoms with E-state index < -0.39 is 0 Å². The molecule has 1 atom stereocenters. The van der Waals surface area contributed by atoms with Crippen LogP contribution in [-0.2, 0) is 4.74 Å². The third-order valence-corrected chi connectivity index (χ3v) is 2.69. The van der Waals surface area contributed by atoms with Crippen molar-refractivity contribution >= 4 is 11.5 Å². The van der Waals surface area contributed by atoms with Crippen LogP contribution in [-0.4, -0.2) is 23.7 Å². The van der Waals surface area contributed by atoms with Gasteiger partial charge in [-0.1, -0.05) is 0 Å². The molecule has 0 bridgehead atoms. The van der Waals surface area contributed by atoms with Crippen molar-refractivity contribution in [2.75, 3.05) is 24.3 Å². The first-order chi connectivity index (χ1) is 7.09. The molecular formula is C11H17N3O. The molecule has 2 heterocycles. The van der Waals surface area contributed by atoms with Gasteiger partial charge in [-0.25, -0.2) is 4.98 Å². The van der Waals surface area contributed by atoms with E-state index >= 15 is 0 Å². The van der Waals surface area contributed by atoms with E-state index in [1.165, 1.54) is 0 Å². The van der Waals surface area contributed by atoms with Crippen LogP contribution >= 0.6 is 0 Å². The molecule has 0 radical (unpaired) electrons. The molecule has 1 aliphatic heterocycles. The van der Waals surface area contributed by atoms with E-state index in [0.717, 1.165) is 24.4 Å². The van der Waals surface area contributed by atoms with Crippen LogP contribution < -0.4 is 11.1 Å². The first-order valence-corrected chi connectivity index (χ1v) is 5.17. The number of aromatic nitrogens is 1. The van der Waals surface area contributed by atoms with Gasteiger partial charge in [0.05, 0.1) is 17.8 Å². The minimum atomic E-state index is -0.0314. The molecule has 0 spiro atoms. The van der Waals surface area contributed by atoms with E-state index in [9.17, 15) is 0 Å². The highest BCUT2D eigenvalue weighted by atomic mass is 16.5. The molecule has 15 heavy (non-hydrogen) atoms. The second kappa shape index (κ2) is 3.70. The summed E-state index contributed by atoms with van der Waals surface area (Å²) in [7, 11) is 0. The largest absolute Gasteiger partial charge is 0.396 e. The Balaban J connectivity index is 2.16. The number of hydrogen-bond acceptors (Lipinski definition) is 4. The predicted molar refractivity (Wildman–Crippen MR) is 60.9 cm³/mol. The quantitative estimate of drug-likeness (QED) is 0.772. The van der Waals surface area contributed by atoms with Crippen LogP contribution in [0.4, 0.5) is 11.5 Å². The first-order valence-electron chi connectivity index (χ1n) is 5.17. The Morgan fingerprint density at radius 3 is 3.00 bits per heavy atom. The summed E-state index contributed by atoms with van der Waals surface area (Å²) in [6, 6.07) is 1.93. The fourth-order valence-corrected chi connectivity index (χ4v) is 1.75. The van der Waals surface area contributed by atoms with Crippen LogP contribution in [0.5, 0.6) is 0 Å². The molecule has 82 valence electrons. The standard InChI is InChI=1S/C11H17N3O/c1-8-5-9(12)10(13-6-8)14-11(2)3-4-15-7-11/h5-6H,3-4,7,12H2,1-2H3,(H,13,14). The molecule has 4 heteroatoms. The van der Waals surface area contributed by atoms with Gasteiger partial charge in [0.2, 0.25) is 0 Å². The Morgan fingerprint density at radius 1 is 1.60 bits per heavy atom. The molecule has 4 nitrogen and oxygen atoms in total. The maximum absolute atomic E-state index is 5.89. The maximum atomic E-state index is 5.89. The van der Waals surface area contributed by atoms with Gasteiger partial charge in [-0.15, -0.1) is 0 Å². The number of nitrogens with two attached hydrogens (primary N) is 1. The Kier molecular flexibility index (Phi) is 2.52. The minimum Gasteiger partial charge on any atom is -0.396 e. The van der Waals surface area contributed by atoms with Gasteiger partial charge in [-0.05, 0) is 31.9 Å². The molecule has 2 rings (SSSR count). The summed E-state index contributed by atoms with van der Waals surface area (Å²) >= 11 is 0.